The minimum absolute atomic E-state index is 0.140. The van der Waals surface area contributed by atoms with Gasteiger partial charge in [-0.15, -0.1) is 0 Å². The van der Waals surface area contributed by atoms with Crippen LogP contribution >= 0.6 is 0 Å². The molecule has 6 nitrogen and oxygen atoms in total. The van der Waals surface area contributed by atoms with E-state index in [2.05, 4.69) is 15.5 Å². The summed E-state index contributed by atoms with van der Waals surface area (Å²) in [4.78, 5) is 16.0. The Hall–Kier alpha value is -4.06. The topological polar surface area (TPSA) is 75.7 Å². The van der Waals surface area contributed by atoms with Crippen LogP contribution < -0.4 is 14.9 Å². The second kappa shape index (κ2) is 7.75. The Balaban J connectivity index is 1.38. The number of benzene rings is 3. The molecule has 0 unspecified atom stereocenters. The summed E-state index contributed by atoms with van der Waals surface area (Å²) in [5, 5.41) is 5.23. The zero-order chi connectivity index (χ0) is 20.3. The van der Waals surface area contributed by atoms with Gasteiger partial charge in [0.05, 0.1) is 11.9 Å². The molecule has 3 aromatic carbocycles. The molecule has 1 aliphatic heterocycles. The number of hydrazone groups is 1. The first-order valence-electron chi connectivity index (χ1n) is 9.67. The highest BCUT2D eigenvalue weighted by atomic mass is 16.6. The number of amides is 1. The number of H-pyrrole nitrogens is 1. The molecule has 0 spiro atoms. The molecule has 148 valence electrons. The summed E-state index contributed by atoms with van der Waals surface area (Å²) in [6, 6.07) is 25.3. The molecule has 6 heteroatoms. The molecule has 5 rings (SSSR count). The molecule has 0 bridgehead atoms. The lowest BCUT2D eigenvalue weighted by atomic mass is 10.1. The molecular formula is C24H19N3O3. The van der Waals surface area contributed by atoms with Crippen molar-refractivity contribution in [3.8, 4) is 22.8 Å². The molecule has 1 aromatic heterocycles. The van der Waals surface area contributed by atoms with Crippen LogP contribution in [-0.4, -0.2) is 29.8 Å². The predicted octanol–water partition coefficient (Wildman–Crippen LogP) is 4.13. The summed E-state index contributed by atoms with van der Waals surface area (Å²) in [6.07, 6.45) is 0.907. The van der Waals surface area contributed by atoms with Gasteiger partial charge in [-0.3, -0.25) is 4.79 Å². The Kier molecular flexibility index (Phi) is 4.65. The Morgan fingerprint density at radius 2 is 1.70 bits per heavy atom. The Bertz CT molecular complexity index is 1230. The number of aromatic nitrogens is 1. The molecule has 0 fully saturated rings. The molecule has 0 saturated carbocycles. The number of ether oxygens (including phenoxy) is 2. The van der Waals surface area contributed by atoms with Crippen molar-refractivity contribution in [2.45, 2.75) is 6.10 Å². The monoisotopic (exact) mass is 397 g/mol. The molecule has 4 aromatic rings. The Labute approximate surface area is 173 Å². The molecule has 1 amide bonds. The highest BCUT2D eigenvalue weighted by Crippen LogP contribution is 2.31. The zero-order valence-corrected chi connectivity index (χ0v) is 16.0. The number of hydrogen-bond donors (Lipinski definition) is 2. The van der Waals surface area contributed by atoms with Crippen molar-refractivity contribution in [3.63, 3.8) is 0 Å². The van der Waals surface area contributed by atoms with Crippen molar-refractivity contribution in [1.82, 2.24) is 10.4 Å². The van der Waals surface area contributed by atoms with Crippen LogP contribution in [0.2, 0.25) is 0 Å². The van der Waals surface area contributed by atoms with Crippen molar-refractivity contribution in [3.05, 3.63) is 84.4 Å². The van der Waals surface area contributed by atoms with Crippen LogP contribution in [0.25, 0.3) is 22.2 Å². The number of rotatable bonds is 4. The normalized spacial score (nSPS) is 15.4. The summed E-state index contributed by atoms with van der Waals surface area (Å²) < 4.78 is 11.3. The van der Waals surface area contributed by atoms with E-state index < -0.39 is 6.10 Å². The predicted molar refractivity (Wildman–Crippen MR) is 116 cm³/mol. The van der Waals surface area contributed by atoms with Crippen LogP contribution in [0.15, 0.2) is 84.0 Å². The third-order valence-corrected chi connectivity index (χ3v) is 4.98. The number of aromatic amines is 1. The fourth-order valence-electron chi connectivity index (χ4n) is 3.51. The van der Waals surface area contributed by atoms with Gasteiger partial charge in [-0.2, -0.15) is 5.10 Å². The van der Waals surface area contributed by atoms with Crippen LogP contribution in [0.3, 0.4) is 0 Å². The number of para-hydroxylation sites is 3. The molecular weight excluding hydrogens is 378 g/mol. The van der Waals surface area contributed by atoms with Crippen molar-refractivity contribution in [1.29, 1.82) is 0 Å². The number of carbonyl (C=O) groups is 1. The average Bonchev–Trinajstić information content (AvgIpc) is 3.18. The lowest BCUT2D eigenvalue weighted by Crippen LogP contribution is -2.42. The summed E-state index contributed by atoms with van der Waals surface area (Å²) in [7, 11) is 0. The van der Waals surface area contributed by atoms with Gasteiger partial charge in [0.2, 0.25) is 6.10 Å². The van der Waals surface area contributed by atoms with Crippen LogP contribution in [-0.2, 0) is 4.79 Å². The molecule has 1 aliphatic rings. The van der Waals surface area contributed by atoms with Gasteiger partial charge in [0.15, 0.2) is 11.5 Å². The maximum absolute atomic E-state index is 12.5. The van der Waals surface area contributed by atoms with Gasteiger partial charge in [0.1, 0.15) is 6.61 Å². The number of fused-ring (bicyclic) bond motifs is 2. The van der Waals surface area contributed by atoms with E-state index in [0.29, 0.717) is 11.5 Å². The smallest absolute Gasteiger partial charge is 0.284 e. The van der Waals surface area contributed by atoms with Gasteiger partial charge in [-0.1, -0.05) is 60.7 Å². The van der Waals surface area contributed by atoms with Gasteiger partial charge in [-0.25, -0.2) is 5.43 Å². The van der Waals surface area contributed by atoms with E-state index in [0.717, 1.165) is 27.7 Å². The summed E-state index contributed by atoms with van der Waals surface area (Å²) in [5.74, 6) is 0.828. The molecule has 2 heterocycles. The van der Waals surface area contributed by atoms with Crippen molar-refractivity contribution in [2.24, 2.45) is 5.10 Å². The van der Waals surface area contributed by atoms with E-state index in [1.807, 2.05) is 72.8 Å². The van der Waals surface area contributed by atoms with E-state index >= 15 is 0 Å². The standard InChI is InChI=1S/C24H19N3O3/c28-24(22-15-29-20-12-6-7-13-21(20)30-22)27-25-14-18-17-10-4-5-11-19(17)26-23(18)16-8-2-1-3-9-16/h1-14,22,26H,15H2,(H,27,28)/b25-14+/t22-/m0/s1. The number of hydrogen-bond acceptors (Lipinski definition) is 4. The minimum atomic E-state index is -0.756. The second-order valence-corrected chi connectivity index (χ2v) is 6.92. The first-order chi connectivity index (χ1) is 14.8. The van der Waals surface area contributed by atoms with Gasteiger partial charge in [0.25, 0.3) is 5.91 Å². The Morgan fingerprint density at radius 3 is 2.57 bits per heavy atom. The summed E-state index contributed by atoms with van der Waals surface area (Å²) >= 11 is 0. The molecule has 0 radical (unpaired) electrons. The minimum Gasteiger partial charge on any atom is -0.485 e. The van der Waals surface area contributed by atoms with Crippen LogP contribution in [0.4, 0.5) is 0 Å². The number of carbonyl (C=O) groups excluding carboxylic acids is 1. The molecule has 1 atom stereocenters. The van der Waals surface area contributed by atoms with Crippen LogP contribution in [0.1, 0.15) is 5.56 Å². The summed E-state index contributed by atoms with van der Waals surface area (Å²) in [5.41, 5.74) is 6.48. The largest absolute Gasteiger partial charge is 0.485 e. The quantitative estimate of drug-likeness (QED) is 0.402. The lowest BCUT2D eigenvalue weighted by molar-refractivity contribution is -0.130. The number of nitrogens with zero attached hydrogens (tertiary/aromatic N) is 1. The fourth-order valence-corrected chi connectivity index (χ4v) is 3.51. The Morgan fingerprint density at radius 1 is 0.967 bits per heavy atom. The van der Waals surface area contributed by atoms with E-state index in [4.69, 9.17) is 9.47 Å². The van der Waals surface area contributed by atoms with Crippen LogP contribution in [0, 0.1) is 0 Å². The highest BCUT2D eigenvalue weighted by molar-refractivity contribution is 6.06. The first-order valence-corrected chi connectivity index (χ1v) is 9.67. The molecule has 0 saturated heterocycles. The molecule has 2 N–H and O–H groups in total. The van der Waals surface area contributed by atoms with Crippen molar-refractivity contribution >= 4 is 23.0 Å². The second-order valence-electron chi connectivity index (χ2n) is 6.92. The van der Waals surface area contributed by atoms with E-state index in [1.54, 1.807) is 12.3 Å². The van der Waals surface area contributed by atoms with Crippen LogP contribution in [0.5, 0.6) is 11.5 Å². The van der Waals surface area contributed by atoms with E-state index in [-0.39, 0.29) is 12.5 Å². The maximum Gasteiger partial charge on any atom is 0.284 e. The third kappa shape index (κ3) is 3.39. The fraction of sp³-hybridized carbons (Fsp3) is 0.0833. The van der Waals surface area contributed by atoms with E-state index in [9.17, 15) is 4.79 Å². The van der Waals surface area contributed by atoms with Gasteiger partial charge >= 0.3 is 0 Å². The SMILES string of the molecule is O=C(N/N=C/c1c(-c2ccccc2)[nH]c2ccccc12)[C@@H]1COc2ccccc2O1. The molecule has 30 heavy (non-hydrogen) atoms. The number of nitrogens with one attached hydrogen (secondary N) is 2. The maximum atomic E-state index is 12.5. The van der Waals surface area contributed by atoms with E-state index in [1.165, 1.54) is 0 Å². The third-order valence-electron chi connectivity index (χ3n) is 4.98. The first kappa shape index (κ1) is 18.0. The zero-order valence-electron chi connectivity index (χ0n) is 16.0. The lowest BCUT2D eigenvalue weighted by Gasteiger charge is -2.24. The van der Waals surface area contributed by atoms with Gasteiger partial charge in [0, 0.05) is 16.5 Å². The van der Waals surface area contributed by atoms with Crippen molar-refractivity contribution in [2.75, 3.05) is 6.61 Å². The summed E-state index contributed by atoms with van der Waals surface area (Å²) in [6.45, 7) is 0.140. The van der Waals surface area contributed by atoms with Gasteiger partial charge < -0.3 is 14.5 Å². The highest BCUT2D eigenvalue weighted by Gasteiger charge is 2.27. The average molecular weight is 397 g/mol. The molecule has 0 aliphatic carbocycles. The van der Waals surface area contributed by atoms with Gasteiger partial charge in [-0.05, 0) is 23.8 Å². The van der Waals surface area contributed by atoms with Crippen molar-refractivity contribution < 1.29 is 14.3 Å².